The molecule has 1 aromatic carbocycles. The van der Waals surface area contributed by atoms with Crippen molar-refractivity contribution in [3.05, 3.63) is 42.5 Å². The molecule has 0 bridgehead atoms. The third-order valence-electron chi connectivity index (χ3n) is 3.31. The molecule has 0 aromatic heterocycles. The normalized spacial score (nSPS) is 21.1. The second-order valence-corrected chi connectivity index (χ2v) is 4.77. The maximum Gasteiger partial charge on any atom is 0.118 e. The van der Waals surface area contributed by atoms with Gasteiger partial charge in [0.25, 0.3) is 0 Å². The summed E-state index contributed by atoms with van der Waals surface area (Å²) in [5.74, 6) is 0.880. The van der Waals surface area contributed by atoms with E-state index in [4.69, 9.17) is 14.2 Å². The average molecular weight is 262 g/mol. The second kappa shape index (κ2) is 7.31. The van der Waals surface area contributed by atoms with E-state index in [9.17, 15) is 0 Å². The zero-order valence-corrected chi connectivity index (χ0v) is 11.5. The standard InChI is InChI=1S/C16H22O3/c1-3-15-16(19-15)6-4-5-11-18-12-13-7-9-14(17-2)10-8-13/h3,7-10,15-16H,1,4-6,11-12H2,2H3/t15-,16+/m1/s1. The summed E-state index contributed by atoms with van der Waals surface area (Å²) in [4.78, 5) is 0. The molecule has 0 unspecified atom stereocenters. The average Bonchev–Trinajstić information content (AvgIpc) is 3.22. The van der Waals surface area contributed by atoms with Crippen LogP contribution in [0.3, 0.4) is 0 Å². The minimum absolute atomic E-state index is 0.306. The minimum atomic E-state index is 0.306. The predicted molar refractivity (Wildman–Crippen MR) is 75.4 cm³/mol. The number of ether oxygens (including phenoxy) is 3. The zero-order valence-electron chi connectivity index (χ0n) is 11.5. The van der Waals surface area contributed by atoms with Crippen LogP contribution in [-0.2, 0) is 16.1 Å². The molecule has 1 aliphatic heterocycles. The third-order valence-corrected chi connectivity index (χ3v) is 3.31. The SMILES string of the molecule is C=C[C@H]1O[C@H]1CCCCOCc1ccc(OC)cc1. The van der Waals surface area contributed by atoms with Crippen molar-refractivity contribution in [3.8, 4) is 5.75 Å². The maximum absolute atomic E-state index is 5.65. The molecule has 1 aromatic rings. The first-order valence-corrected chi connectivity index (χ1v) is 6.82. The summed E-state index contributed by atoms with van der Waals surface area (Å²) in [6.45, 7) is 5.19. The molecule has 1 aliphatic rings. The summed E-state index contributed by atoms with van der Waals surface area (Å²) >= 11 is 0. The monoisotopic (exact) mass is 262 g/mol. The van der Waals surface area contributed by atoms with Gasteiger partial charge in [0.1, 0.15) is 11.9 Å². The summed E-state index contributed by atoms with van der Waals surface area (Å²) in [5, 5.41) is 0. The molecule has 19 heavy (non-hydrogen) atoms. The van der Waals surface area contributed by atoms with Gasteiger partial charge in [-0.15, -0.1) is 6.58 Å². The van der Waals surface area contributed by atoms with Gasteiger partial charge in [-0.1, -0.05) is 18.2 Å². The molecule has 0 aliphatic carbocycles. The van der Waals surface area contributed by atoms with Crippen LogP contribution >= 0.6 is 0 Å². The van der Waals surface area contributed by atoms with Crippen LogP contribution in [0, 0.1) is 0 Å². The van der Waals surface area contributed by atoms with E-state index in [1.165, 1.54) is 5.56 Å². The lowest BCUT2D eigenvalue weighted by Crippen LogP contribution is -1.97. The van der Waals surface area contributed by atoms with Crippen LogP contribution in [0.5, 0.6) is 5.75 Å². The van der Waals surface area contributed by atoms with Crippen LogP contribution < -0.4 is 4.74 Å². The van der Waals surface area contributed by atoms with Crippen LogP contribution in [0.15, 0.2) is 36.9 Å². The molecule has 0 amide bonds. The van der Waals surface area contributed by atoms with Crippen LogP contribution in [-0.4, -0.2) is 25.9 Å². The van der Waals surface area contributed by atoms with E-state index < -0.39 is 0 Å². The number of rotatable bonds is 9. The Hall–Kier alpha value is -1.32. The van der Waals surface area contributed by atoms with Gasteiger partial charge < -0.3 is 14.2 Å². The van der Waals surface area contributed by atoms with Gasteiger partial charge in [-0.05, 0) is 37.0 Å². The number of epoxide rings is 1. The van der Waals surface area contributed by atoms with Crippen LogP contribution in [0.2, 0.25) is 0 Å². The van der Waals surface area contributed by atoms with E-state index in [1.807, 2.05) is 30.3 Å². The molecule has 3 heteroatoms. The highest BCUT2D eigenvalue weighted by atomic mass is 16.6. The van der Waals surface area contributed by atoms with Gasteiger partial charge in [-0.3, -0.25) is 0 Å². The third kappa shape index (κ3) is 4.69. The Kier molecular flexibility index (Phi) is 5.43. The highest BCUT2D eigenvalue weighted by molar-refractivity contribution is 5.26. The Bertz CT molecular complexity index is 385. The maximum atomic E-state index is 5.65. The first-order chi connectivity index (χ1) is 9.33. The fourth-order valence-electron chi connectivity index (χ4n) is 2.06. The quantitative estimate of drug-likeness (QED) is 0.388. The lowest BCUT2D eigenvalue weighted by molar-refractivity contribution is 0.116. The molecule has 2 rings (SSSR count). The molecular formula is C16H22O3. The Labute approximate surface area is 115 Å². The van der Waals surface area contributed by atoms with E-state index in [0.29, 0.717) is 18.8 Å². The van der Waals surface area contributed by atoms with Gasteiger partial charge in [0.2, 0.25) is 0 Å². The Morgan fingerprint density at radius 3 is 2.68 bits per heavy atom. The first-order valence-electron chi connectivity index (χ1n) is 6.82. The molecular weight excluding hydrogens is 240 g/mol. The van der Waals surface area contributed by atoms with Crippen molar-refractivity contribution >= 4 is 0 Å². The van der Waals surface area contributed by atoms with E-state index in [1.54, 1.807) is 7.11 Å². The number of methoxy groups -OCH3 is 1. The number of hydrogen-bond acceptors (Lipinski definition) is 3. The summed E-state index contributed by atoms with van der Waals surface area (Å²) < 4.78 is 16.2. The Morgan fingerprint density at radius 1 is 1.26 bits per heavy atom. The lowest BCUT2D eigenvalue weighted by Gasteiger charge is -2.05. The van der Waals surface area contributed by atoms with Gasteiger partial charge in [0, 0.05) is 6.61 Å². The van der Waals surface area contributed by atoms with Crippen molar-refractivity contribution in [1.82, 2.24) is 0 Å². The van der Waals surface area contributed by atoms with E-state index in [-0.39, 0.29) is 0 Å². The van der Waals surface area contributed by atoms with Crippen molar-refractivity contribution in [2.24, 2.45) is 0 Å². The molecule has 2 atom stereocenters. The summed E-state index contributed by atoms with van der Waals surface area (Å²) in [5.41, 5.74) is 1.18. The molecule has 0 saturated carbocycles. The molecule has 0 spiro atoms. The minimum Gasteiger partial charge on any atom is -0.497 e. The van der Waals surface area contributed by atoms with Gasteiger partial charge in [-0.2, -0.15) is 0 Å². The highest BCUT2D eigenvalue weighted by Crippen LogP contribution is 2.27. The fourth-order valence-corrected chi connectivity index (χ4v) is 2.06. The van der Waals surface area contributed by atoms with Crippen LogP contribution in [0.25, 0.3) is 0 Å². The number of hydrogen-bond donors (Lipinski definition) is 0. The highest BCUT2D eigenvalue weighted by Gasteiger charge is 2.34. The summed E-state index contributed by atoms with van der Waals surface area (Å²) in [7, 11) is 1.67. The zero-order chi connectivity index (χ0) is 13.5. The molecule has 1 saturated heterocycles. The van der Waals surface area contributed by atoms with Crippen molar-refractivity contribution in [2.75, 3.05) is 13.7 Å². The Morgan fingerprint density at radius 2 is 2.05 bits per heavy atom. The van der Waals surface area contributed by atoms with E-state index in [0.717, 1.165) is 31.6 Å². The van der Waals surface area contributed by atoms with Crippen molar-refractivity contribution in [3.63, 3.8) is 0 Å². The van der Waals surface area contributed by atoms with Gasteiger partial charge in [-0.25, -0.2) is 0 Å². The van der Waals surface area contributed by atoms with Gasteiger partial charge >= 0.3 is 0 Å². The van der Waals surface area contributed by atoms with E-state index in [2.05, 4.69) is 6.58 Å². The van der Waals surface area contributed by atoms with E-state index >= 15 is 0 Å². The van der Waals surface area contributed by atoms with Gasteiger partial charge in [0.05, 0.1) is 19.8 Å². The molecule has 0 radical (unpaired) electrons. The first kappa shape index (κ1) is 14.1. The number of benzene rings is 1. The van der Waals surface area contributed by atoms with Crippen LogP contribution in [0.4, 0.5) is 0 Å². The molecule has 1 fully saturated rings. The molecule has 1 heterocycles. The van der Waals surface area contributed by atoms with Gasteiger partial charge in [0.15, 0.2) is 0 Å². The van der Waals surface area contributed by atoms with Crippen molar-refractivity contribution < 1.29 is 14.2 Å². The fraction of sp³-hybridized carbons (Fsp3) is 0.500. The van der Waals surface area contributed by atoms with Crippen molar-refractivity contribution in [1.29, 1.82) is 0 Å². The summed E-state index contributed by atoms with van der Waals surface area (Å²) in [6, 6.07) is 7.98. The summed E-state index contributed by atoms with van der Waals surface area (Å²) in [6.07, 6.45) is 5.95. The van der Waals surface area contributed by atoms with Crippen molar-refractivity contribution in [2.45, 2.75) is 38.1 Å². The topological polar surface area (TPSA) is 31.0 Å². The largest absolute Gasteiger partial charge is 0.497 e. The molecule has 0 N–H and O–H groups in total. The molecule has 104 valence electrons. The number of unbranched alkanes of at least 4 members (excludes halogenated alkanes) is 1. The second-order valence-electron chi connectivity index (χ2n) is 4.77. The smallest absolute Gasteiger partial charge is 0.118 e. The predicted octanol–water partition coefficient (Wildman–Crippen LogP) is 3.34. The van der Waals surface area contributed by atoms with Crippen LogP contribution in [0.1, 0.15) is 24.8 Å². The lowest BCUT2D eigenvalue weighted by atomic mass is 10.1. The molecule has 3 nitrogen and oxygen atoms in total. The Balaban J connectivity index is 1.50.